The number of hydrogen-bond acceptors (Lipinski definition) is 2. The SMILES string of the molecule is CCCNC(CC(C)CCC)C(C)(C)N1CCCCC1. The summed E-state index contributed by atoms with van der Waals surface area (Å²) in [6.07, 6.45) is 9.41. The number of likely N-dealkylation sites (tertiary alicyclic amines) is 1. The van der Waals surface area contributed by atoms with E-state index in [-0.39, 0.29) is 5.54 Å². The van der Waals surface area contributed by atoms with Crippen LogP contribution in [0.5, 0.6) is 0 Å². The largest absolute Gasteiger partial charge is 0.312 e. The summed E-state index contributed by atoms with van der Waals surface area (Å²) < 4.78 is 0. The Morgan fingerprint density at radius 1 is 1.05 bits per heavy atom. The lowest BCUT2D eigenvalue weighted by Gasteiger charge is -2.47. The average Bonchev–Trinajstić information content (AvgIpc) is 2.44. The molecular weight excluding hydrogens is 244 g/mol. The van der Waals surface area contributed by atoms with Crippen LogP contribution < -0.4 is 5.32 Å². The van der Waals surface area contributed by atoms with E-state index in [2.05, 4.69) is 44.8 Å². The van der Waals surface area contributed by atoms with Crippen LogP contribution in [-0.2, 0) is 0 Å². The van der Waals surface area contributed by atoms with Gasteiger partial charge in [-0.15, -0.1) is 0 Å². The summed E-state index contributed by atoms with van der Waals surface area (Å²) in [4.78, 5) is 2.74. The maximum Gasteiger partial charge on any atom is 0.0306 e. The van der Waals surface area contributed by atoms with Crippen LogP contribution in [0.15, 0.2) is 0 Å². The molecular formula is C18H38N2. The van der Waals surface area contributed by atoms with E-state index in [0.717, 1.165) is 12.5 Å². The summed E-state index contributed by atoms with van der Waals surface area (Å²) in [7, 11) is 0. The van der Waals surface area contributed by atoms with Gasteiger partial charge in [0.2, 0.25) is 0 Å². The van der Waals surface area contributed by atoms with Gasteiger partial charge in [0, 0.05) is 11.6 Å². The fraction of sp³-hybridized carbons (Fsp3) is 1.00. The first-order valence-corrected chi connectivity index (χ1v) is 9.00. The van der Waals surface area contributed by atoms with Gasteiger partial charge >= 0.3 is 0 Å². The molecule has 120 valence electrons. The molecule has 0 aromatic carbocycles. The van der Waals surface area contributed by atoms with Crippen molar-refractivity contribution in [2.75, 3.05) is 19.6 Å². The van der Waals surface area contributed by atoms with Gasteiger partial charge in [-0.1, -0.05) is 40.0 Å². The highest BCUT2D eigenvalue weighted by Gasteiger charge is 2.36. The van der Waals surface area contributed by atoms with Crippen molar-refractivity contribution in [1.29, 1.82) is 0 Å². The van der Waals surface area contributed by atoms with Crippen LogP contribution in [0.4, 0.5) is 0 Å². The van der Waals surface area contributed by atoms with Gasteiger partial charge in [0.15, 0.2) is 0 Å². The van der Waals surface area contributed by atoms with Gasteiger partial charge in [-0.2, -0.15) is 0 Å². The zero-order valence-corrected chi connectivity index (χ0v) is 14.7. The highest BCUT2D eigenvalue weighted by atomic mass is 15.2. The summed E-state index contributed by atoms with van der Waals surface area (Å²) >= 11 is 0. The average molecular weight is 283 g/mol. The van der Waals surface area contributed by atoms with Gasteiger partial charge in [0.05, 0.1) is 0 Å². The number of rotatable bonds is 9. The summed E-state index contributed by atoms with van der Waals surface area (Å²) in [5, 5.41) is 3.85. The standard InChI is InChI=1S/C18H38N2/c1-6-11-16(3)15-17(19-12-7-2)18(4,5)20-13-9-8-10-14-20/h16-17,19H,6-15H2,1-5H3. The van der Waals surface area contributed by atoms with Gasteiger partial charge in [-0.05, 0) is 65.1 Å². The van der Waals surface area contributed by atoms with E-state index in [1.165, 1.54) is 58.0 Å². The monoisotopic (exact) mass is 282 g/mol. The maximum atomic E-state index is 3.85. The van der Waals surface area contributed by atoms with Crippen molar-refractivity contribution in [2.45, 2.75) is 91.1 Å². The molecule has 20 heavy (non-hydrogen) atoms. The lowest BCUT2D eigenvalue weighted by Crippen LogP contribution is -2.59. The normalized spacial score (nSPS) is 20.9. The van der Waals surface area contributed by atoms with Crippen molar-refractivity contribution in [1.82, 2.24) is 10.2 Å². The van der Waals surface area contributed by atoms with Crippen LogP contribution in [0.2, 0.25) is 0 Å². The molecule has 0 aliphatic carbocycles. The molecule has 1 saturated heterocycles. The van der Waals surface area contributed by atoms with Crippen molar-refractivity contribution < 1.29 is 0 Å². The van der Waals surface area contributed by atoms with Crippen LogP contribution in [0.25, 0.3) is 0 Å². The second kappa shape index (κ2) is 9.04. The van der Waals surface area contributed by atoms with E-state index in [9.17, 15) is 0 Å². The van der Waals surface area contributed by atoms with Gasteiger partial charge < -0.3 is 5.32 Å². The minimum absolute atomic E-state index is 0.289. The van der Waals surface area contributed by atoms with Gasteiger partial charge in [-0.3, -0.25) is 4.90 Å². The Bertz CT molecular complexity index is 244. The lowest BCUT2D eigenvalue weighted by molar-refractivity contribution is 0.0528. The van der Waals surface area contributed by atoms with Crippen LogP contribution in [0, 0.1) is 5.92 Å². The zero-order valence-electron chi connectivity index (χ0n) is 14.7. The number of nitrogens with one attached hydrogen (secondary N) is 1. The van der Waals surface area contributed by atoms with Crippen molar-refractivity contribution in [3.8, 4) is 0 Å². The molecule has 0 saturated carbocycles. The first kappa shape index (κ1) is 18.0. The summed E-state index contributed by atoms with van der Waals surface area (Å²) in [5.74, 6) is 0.832. The molecule has 0 bridgehead atoms. The molecule has 0 radical (unpaired) electrons. The molecule has 1 fully saturated rings. The highest BCUT2D eigenvalue weighted by Crippen LogP contribution is 2.28. The fourth-order valence-electron chi connectivity index (χ4n) is 3.64. The van der Waals surface area contributed by atoms with Crippen molar-refractivity contribution >= 4 is 0 Å². The molecule has 0 amide bonds. The van der Waals surface area contributed by atoms with Crippen molar-refractivity contribution in [3.63, 3.8) is 0 Å². The minimum Gasteiger partial charge on any atom is -0.312 e. The fourth-order valence-corrected chi connectivity index (χ4v) is 3.64. The Morgan fingerprint density at radius 2 is 1.70 bits per heavy atom. The quantitative estimate of drug-likeness (QED) is 0.672. The molecule has 2 atom stereocenters. The maximum absolute atomic E-state index is 3.85. The molecule has 2 unspecified atom stereocenters. The van der Waals surface area contributed by atoms with Crippen LogP contribution in [-0.4, -0.2) is 36.1 Å². The Morgan fingerprint density at radius 3 is 2.25 bits per heavy atom. The molecule has 1 N–H and O–H groups in total. The van der Waals surface area contributed by atoms with Crippen LogP contribution in [0.3, 0.4) is 0 Å². The summed E-state index contributed by atoms with van der Waals surface area (Å²) in [5.41, 5.74) is 0.289. The van der Waals surface area contributed by atoms with Crippen molar-refractivity contribution in [3.05, 3.63) is 0 Å². The Balaban J connectivity index is 2.67. The predicted octanol–water partition coefficient (Wildman–Crippen LogP) is 4.45. The predicted molar refractivity (Wildman–Crippen MR) is 90.3 cm³/mol. The van der Waals surface area contributed by atoms with E-state index in [4.69, 9.17) is 0 Å². The number of nitrogens with zero attached hydrogens (tertiary/aromatic N) is 1. The Hall–Kier alpha value is -0.0800. The van der Waals surface area contributed by atoms with E-state index >= 15 is 0 Å². The zero-order chi connectivity index (χ0) is 15.0. The first-order chi connectivity index (χ1) is 9.52. The second-order valence-electron chi connectivity index (χ2n) is 7.34. The molecule has 0 aromatic rings. The number of piperidine rings is 1. The minimum atomic E-state index is 0.289. The molecule has 2 nitrogen and oxygen atoms in total. The van der Waals surface area contributed by atoms with Gasteiger partial charge in [0.25, 0.3) is 0 Å². The molecule has 2 heteroatoms. The van der Waals surface area contributed by atoms with Crippen molar-refractivity contribution in [2.24, 2.45) is 5.92 Å². The van der Waals surface area contributed by atoms with E-state index in [0.29, 0.717) is 6.04 Å². The van der Waals surface area contributed by atoms with E-state index in [1.54, 1.807) is 0 Å². The topological polar surface area (TPSA) is 15.3 Å². The van der Waals surface area contributed by atoms with E-state index in [1.807, 2.05) is 0 Å². The molecule has 1 aliphatic rings. The van der Waals surface area contributed by atoms with Crippen LogP contribution >= 0.6 is 0 Å². The Kier molecular flexibility index (Phi) is 8.13. The summed E-state index contributed by atoms with van der Waals surface area (Å²) in [6.45, 7) is 15.7. The third-order valence-corrected chi connectivity index (χ3v) is 5.08. The van der Waals surface area contributed by atoms with Crippen LogP contribution in [0.1, 0.15) is 79.6 Å². The first-order valence-electron chi connectivity index (χ1n) is 9.00. The molecule has 1 rings (SSSR count). The smallest absolute Gasteiger partial charge is 0.0306 e. The van der Waals surface area contributed by atoms with Gasteiger partial charge in [-0.25, -0.2) is 0 Å². The molecule has 0 aromatic heterocycles. The third-order valence-electron chi connectivity index (χ3n) is 5.08. The van der Waals surface area contributed by atoms with E-state index < -0.39 is 0 Å². The molecule has 1 heterocycles. The lowest BCUT2D eigenvalue weighted by atomic mass is 9.83. The molecule has 0 spiro atoms. The summed E-state index contributed by atoms with van der Waals surface area (Å²) in [6, 6.07) is 0.627. The third kappa shape index (κ3) is 5.37. The van der Waals surface area contributed by atoms with Gasteiger partial charge in [0.1, 0.15) is 0 Å². The molecule has 1 aliphatic heterocycles. The number of hydrogen-bond donors (Lipinski definition) is 1. The second-order valence-corrected chi connectivity index (χ2v) is 7.34. The Labute approximate surface area is 127 Å². The highest BCUT2D eigenvalue weighted by molar-refractivity contribution is 4.95.